The summed E-state index contributed by atoms with van der Waals surface area (Å²) < 4.78 is 9.14. The molecule has 0 aromatic heterocycles. The number of hydrogen-bond acceptors (Lipinski definition) is 4. The first-order chi connectivity index (χ1) is 6.75. The standard InChI is InChI=1S/C10H12O4/c1-13-7-14-10(12)9(11)8-5-3-2-4-6-8/h2-6,9,11H,7H2,1H3/t9-/m0/s1. The molecule has 0 unspecified atom stereocenters. The lowest BCUT2D eigenvalue weighted by Crippen LogP contribution is -2.16. The average molecular weight is 196 g/mol. The zero-order chi connectivity index (χ0) is 10.4. The molecule has 14 heavy (non-hydrogen) atoms. The fourth-order valence-electron chi connectivity index (χ4n) is 0.967. The normalized spacial score (nSPS) is 12.1. The number of ether oxygens (including phenoxy) is 2. The van der Waals surface area contributed by atoms with Crippen LogP contribution in [0.3, 0.4) is 0 Å². The van der Waals surface area contributed by atoms with Crippen molar-refractivity contribution >= 4 is 5.97 Å². The van der Waals surface area contributed by atoms with Gasteiger partial charge in [0.25, 0.3) is 0 Å². The minimum Gasteiger partial charge on any atom is -0.436 e. The first-order valence-electron chi connectivity index (χ1n) is 4.14. The van der Waals surface area contributed by atoms with Gasteiger partial charge in [0.15, 0.2) is 12.9 Å². The van der Waals surface area contributed by atoms with E-state index in [1.807, 2.05) is 0 Å². The first kappa shape index (κ1) is 10.7. The Kier molecular flexibility index (Phi) is 4.10. The SMILES string of the molecule is COCOC(=O)[C@@H](O)c1ccccc1. The predicted molar refractivity (Wildman–Crippen MR) is 49.4 cm³/mol. The van der Waals surface area contributed by atoms with Crippen LogP contribution in [0.5, 0.6) is 0 Å². The summed E-state index contributed by atoms with van der Waals surface area (Å²) in [6, 6.07) is 8.58. The van der Waals surface area contributed by atoms with E-state index < -0.39 is 12.1 Å². The van der Waals surface area contributed by atoms with Crippen LogP contribution < -0.4 is 0 Å². The van der Waals surface area contributed by atoms with E-state index in [9.17, 15) is 9.90 Å². The summed E-state index contributed by atoms with van der Waals surface area (Å²) in [4.78, 5) is 11.2. The van der Waals surface area contributed by atoms with E-state index in [0.717, 1.165) is 0 Å². The van der Waals surface area contributed by atoms with Gasteiger partial charge >= 0.3 is 5.97 Å². The van der Waals surface area contributed by atoms with Gasteiger partial charge in [-0.3, -0.25) is 0 Å². The van der Waals surface area contributed by atoms with Gasteiger partial charge in [-0.1, -0.05) is 30.3 Å². The molecule has 76 valence electrons. The van der Waals surface area contributed by atoms with Crippen molar-refractivity contribution in [1.29, 1.82) is 0 Å². The smallest absolute Gasteiger partial charge is 0.341 e. The molecule has 0 aliphatic heterocycles. The third-order valence-electron chi connectivity index (χ3n) is 1.66. The molecule has 1 aromatic carbocycles. The van der Waals surface area contributed by atoms with Gasteiger partial charge in [-0.15, -0.1) is 0 Å². The molecule has 0 aliphatic rings. The van der Waals surface area contributed by atoms with Gasteiger partial charge in [-0.25, -0.2) is 4.79 Å². The summed E-state index contributed by atoms with van der Waals surface area (Å²) in [5, 5.41) is 9.49. The number of carbonyl (C=O) groups is 1. The van der Waals surface area contributed by atoms with Crippen LogP contribution in [0.1, 0.15) is 11.7 Å². The van der Waals surface area contributed by atoms with E-state index >= 15 is 0 Å². The molecule has 0 amide bonds. The van der Waals surface area contributed by atoms with E-state index in [4.69, 9.17) is 0 Å². The Hall–Kier alpha value is -1.39. The monoisotopic (exact) mass is 196 g/mol. The molecule has 4 nitrogen and oxygen atoms in total. The van der Waals surface area contributed by atoms with Gasteiger partial charge in [0.1, 0.15) is 0 Å². The fraction of sp³-hybridized carbons (Fsp3) is 0.300. The highest BCUT2D eigenvalue weighted by molar-refractivity contribution is 5.76. The third-order valence-corrected chi connectivity index (χ3v) is 1.66. The van der Waals surface area contributed by atoms with Crippen LogP contribution in [0.4, 0.5) is 0 Å². The van der Waals surface area contributed by atoms with Crippen LogP contribution in [0, 0.1) is 0 Å². The van der Waals surface area contributed by atoms with Gasteiger partial charge in [-0.05, 0) is 5.56 Å². The summed E-state index contributed by atoms with van der Waals surface area (Å²) in [7, 11) is 1.40. The molecule has 0 fully saturated rings. The Balaban J connectivity index is 2.57. The lowest BCUT2D eigenvalue weighted by atomic mass is 10.1. The second-order valence-corrected chi connectivity index (χ2v) is 2.68. The molecular weight excluding hydrogens is 184 g/mol. The molecule has 0 spiro atoms. The highest BCUT2D eigenvalue weighted by Gasteiger charge is 2.17. The quantitative estimate of drug-likeness (QED) is 0.573. The van der Waals surface area contributed by atoms with E-state index in [0.29, 0.717) is 5.56 Å². The van der Waals surface area contributed by atoms with Crippen molar-refractivity contribution in [3.05, 3.63) is 35.9 Å². The van der Waals surface area contributed by atoms with Crippen LogP contribution in [0.15, 0.2) is 30.3 Å². The summed E-state index contributed by atoms with van der Waals surface area (Å²) in [6.45, 7) is -0.150. The summed E-state index contributed by atoms with van der Waals surface area (Å²) in [5.41, 5.74) is 0.508. The maximum atomic E-state index is 11.2. The van der Waals surface area contributed by atoms with Gasteiger partial charge in [0.2, 0.25) is 0 Å². The van der Waals surface area contributed by atoms with Gasteiger partial charge in [0, 0.05) is 7.11 Å². The van der Waals surface area contributed by atoms with Gasteiger partial charge in [-0.2, -0.15) is 0 Å². The average Bonchev–Trinajstić information content (AvgIpc) is 2.26. The maximum absolute atomic E-state index is 11.2. The molecule has 4 heteroatoms. The lowest BCUT2D eigenvalue weighted by molar-refractivity contribution is -0.164. The Morgan fingerprint density at radius 1 is 1.43 bits per heavy atom. The number of aliphatic hydroxyl groups is 1. The molecule has 0 heterocycles. The predicted octanol–water partition coefficient (Wildman–Crippen LogP) is 0.867. The van der Waals surface area contributed by atoms with Crippen LogP contribution in [-0.2, 0) is 14.3 Å². The summed E-state index contributed by atoms with van der Waals surface area (Å²) in [5.74, 6) is -0.710. The van der Waals surface area contributed by atoms with Crippen LogP contribution in [0.2, 0.25) is 0 Å². The number of benzene rings is 1. The molecule has 1 rings (SSSR count). The zero-order valence-electron chi connectivity index (χ0n) is 7.84. The highest BCUT2D eigenvalue weighted by Crippen LogP contribution is 2.13. The topological polar surface area (TPSA) is 55.8 Å². The van der Waals surface area contributed by atoms with E-state index in [1.54, 1.807) is 30.3 Å². The first-order valence-corrected chi connectivity index (χ1v) is 4.14. The number of aliphatic hydroxyl groups excluding tert-OH is 1. The van der Waals surface area contributed by atoms with Crippen molar-refractivity contribution in [1.82, 2.24) is 0 Å². The number of hydrogen-bond donors (Lipinski definition) is 1. The second kappa shape index (κ2) is 5.36. The van der Waals surface area contributed by atoms with Crippen LogP contribution >= 0.6 is 0 Å². The molecule has 0 radical (unpaired) electrons. The van der Waals surface area contributed by atoms with E-state index in [2.05, 4.69) is 9.47 Å². The Labute approximate surface area is 82.1 Å². The van der Waals surface area contributed by atoms with E-state index in [1.165, 1.54) is 7.11 Å². The van der Waals surface area contributed by atoms with Crippen LogP contribution in [-0.4, -0.2) is 25.0 Å². The van der Waals surface area contributed by atoms with Crippen molar-refractivity contribution in [2.75, 3.05) is 13.9 Å². The third kappa shape index (κ3) is 2.83. The largest absolute Gasteiger partial charge is 0.436 e. The van der Waals surface area contributed by atoms with Crippen molar-refractivity contribution in [2.45, 2.75) is 6.10 Å². The Morgan fingerprint density at radius 2 is 2.07 bits per heavy atom. The van der Waals surface area contributed by atoms with Crippen molar-refractivity contribution in [2.24, 2.45) is 0 Å². The maximum Gasteiger partial charge on any atom is 0.341 e. The van der Waals surface area contributed by atoms with E-state index in [-0.39, 0.29) is 6.79 Å². The van der Waals surface area contributed by atoms with Gasteiger partial charge in [0.05, 0.1) is 0 Å². The number of rotatable bonds is 4. The molecule has 1 aromatic rings. The second-order valence-electron chi connectivity index (χ2n) is 2.68. The Morgan fingerprint density at radius 3 is 2.64 bits per heavy atom. The summed E-state index contributed by atoms with van der Waals surface area (Å²) in [6.07, 6.45) is -1.24. The minimum absolute atomic E-state index is 0.150. The molecule has 0 aliphatic carbocycles. The van der Waals surface area contributed by atoms with Crippen LogP contribution in [0.25, 0.3) is 0 Å². The molecular formula is C10H12O4. The van der Waals surface area contributed by atoms with Gasteiger partial charge < -0.3 is 14.6 Å². The molecule has 0 saturated heterocycles. The number of esters is 1. The highest BCUT2D eigenvalue weighted by atomic mass is 16.7. The minimum atomic E-state index is -1.24. The zero-order valence-corrected chi connectivity index (χ0v) is 7.84. The molecule has 0 bridgehead atoms. The Bertz CT molecular complexity index is 283. The number of methoxy groups -OCH3 is 1. The van der Waals surface area contributed by atoms with Crippen molar-refractivity contribution in [3.63, 3.8) is 0 Å². The molecule has 0 saturated carbocycles. The fourth-order valence-corrected chi connectivity index (χ4v) is 0.967. The number of carbonyl (C=O) groups excluding carboxylic acids is 1. The lowest BCUT2D eigenvalue weighted by Gasteiger charge is -2.09. The summed E-state index contributed by atoms with van der Waals surface area (Å²) >= 11 is 0. The molecule has 1 atom stereocenters. The van der Waals surface area contributed by atoms with Crippen molar-refractivity contribution in [3.8, 4) is 0 Å². The molecule has 1 N–H and O–H groups in total. The van der Waals surface area contributed by atoms with Crippen molar-refractivity contribution < 1.29 is 19.4 Å².